The third-order valence-corrected chi connectivity index (χ3v) is 4.85. The van der Waals surface area contributed by atoms with E-state index in [1.165, 1.54) is 6.20 Å². The Hall–Kier alpha value is -0.920. The van der Waals surface area contributed by atoms with Crippen molar-refractivity contribution in [3.8, 4) is 0 Å². The Morgan fingerprint density at radius 1 is 1.56 bits per heavy atom. The molecule has 8 heteroatoms. The summed E-state index contributed by atoms with van der Waals surface area (Å²) in [6, 6.07) is 1.71. The van der Waals surface area contributed by atoms with Gasteiger partial charge in [0, 0.05) is 18.5 Å². The van der Waals surface area contributed by atoms with Crippen LogP contribution in [0.4, 0.5) is 0 Å². The Bertz CT molecular complexity index is 733. The van der Waals surface area contributed by atoms with Gasteiger partial charge in [0.25, 0.3) is 0 Å². The van der Waals surface area contributed by atoms with Gasteiger partial charge in [-0.15, -0.1) is 0 Å². The van der Waals surface area contributed by atoms with Crippen LogP contribution in [0.1, 0.15) is 6.92 Å². The SMILES string of the molecule is CCS(=O)(=O)CCn1c(=S)[nH]c2cc(Cl)cnc21. The molecule has 0 spiro atoms. The highest BCUT2D eigenvalue weighted by Gasteiger charge is 2.11. The molecule has 0 atom stereocenters. The largest absolute Gasteiger partial charge is 0.329 e. The molecule has 0 saturated carbocycles. The second kappa shape index (κ2) is 4.99. The predicted octanol–water partition coefficient (Wildman–Crippen LogP) is 2.18. The average Bonchev–Trinajstić information content (AvgIpc) is 2.61. The van der Waals surface area contributed by atoms with Crippen molar-refractivity contribution >= 4 is 44.8 Å². The summed E-state index contributed by atoms with van der Waals surface area (Å²) in [5.74, 6) is 0.178. The number of imidazole rings is 1. The Morgan fingerprint density at radius 3 is 2.94 bits per heavy atom. The van der Waals surface area contributed by atoms with Crippen molar-refractivity contribution in [1.82, 2.24) is 14.5 Å². The topological polar surface area (TPSA) is 67.8 Å². The smallest absolute Gasteiger partial charge is 0.179 e. The van der Waals surface area contributed by atoms with Crippen LogP contribution in [-0.4, -0.2) is 34.5 Å². The highest BCUT2D eigenvalue weighted by atomic mass is 35.5. The first-order valence-corrected chi connectivity index (χ1v) is 7.98. The summed E-state index contributed by atoms with van der Waals surface area (Å²) >= 11 is 11.0. The van der Waals surface area contributed by atoms with Gasteiger partial charge in [0.15, 0.2) is 20.3 Å². The monoisotopic (exact) mass is 305 g/mol. The number of fused-ring (bicyclic) bond motifs is 1. The standard InChI is InChI=1S/C10H12ClN3O2S2/c1-2-18(15,16)4-3-14-9-8(13-10(14)17)5-7(11)6-12-9/h5-6H,2-4H2,1H3,(H,13,17). The molecule has 18 heavy (non-hydrogen) atoms. The second-order valence-corrected chi connectivity index (χ2v) is 7.14. The molecule has 2 heterocycles. The van der Waals surface area contributed by atoms with Crippen molar-refractivity contribution in [3.63, 3.8) is 0 Å². The Balaban J connectivity index is 2.40. The number of aryl methyl sites for hydroxylation is 1. The minimum absolute atomic E-state index is 0.0507. The number of sulfone groups is 1. The molecule has 0 saturated heterocycles. The summed E-state index contributed by atoms with van der Waals surface area (Å²) in [7, 11) is -3.02. The molecule has 1 N–H and O–H groups in total. The molecule has 98 valence electrons. The number of H-pyrrole nitrogens is 1. The molecule has 0 aromatic carbocycles. The van der Waals surface area contributed by atoms with Crippen LogP contribution < -0.4 is 0 Å². The number of hydrogen-bond acceptors (Lipinski definition) is 4. The molecule has 0 fully saturated rings. The lowest BCUT2D eigenvalue weighted by Gasteiger charge is -2.03. The fourth-order valence-corrected chi connectivity index (χ4v) is 2.80. The number of pyridine rings is 1. The minimum Gasteiger partial charge on any atom is -0.329 e. The fourth-order valence-electron chi connectivity index (χ4n) is 1.60. The molecule has 0 aliphatic rings. The molecular formula is C10H12ClN3O2S2. The number of aromatic amines is 1. The van der Waals surface area contributed by atoms with Gasteiger partial charge in [-0.05, 0) is 18.3 Å². The zero-order valence-electron chi connectivity index (χ0n) is 9.68. The van der Waals surface area contributed by atoms with Crippen LogP contribution in [0.15, 0.2) is 12.3 Å². The quantitative estimate of drug-likeness (QED) is 0.879. The Morgan fingerprint density at radius 2 is 2.28 bits per heavy atom. The molecule has 2 aromatic heterocycles. The van der Waals surface area contributed by atoms with Crippen LogP contribution in [-0.2, 0) is 16.4 Å². The number of rotatable bonds is 4. The maximum Gasteiger partial charge on any atom is 0.179 e. The lowest BCUT2D eigenvalue weighted by molar-refractivity contribution is 0.590. The molecule has 0 radical (unpaired) electrons. The van der Waals surface area contributed by atoms with Crippen molar-refractivity contribution in [2.24, 2.45) is 0 Å². The van der Waals surface area contributed by atoms with E-state index in [9.17, 15) is 8.42 Å². The van der Waals surface area contributed by atoms with Crippen molar-refractivity contribution < 1.29 is 8.42 Å². The molecule has 0 amide bonds. The number of aromatic nitrogens is 3. The molecule has 2 aromatic rings. The highest BCUT2D eigenvalue weighted by molar-refractivity contribution is 7.91. The summed E-state index contributed by atoms with van der Waals surface area (Å²) in [6.07, 6.45) is 1.51. The fraction of sp³-hybridized carbons (Fsp3) is 0.400. The van der Waals surface area contributed by atoms with E-state index in [1.54, 1.807) is 17.6 Å². The van der Waals surface area contributed by atoms with Gasteiger partial charge < -0.3 is 9.55 Å². The minimum atomic E-state index is -3.02. The first kappa shape index (κ1) is 13.5. The van der Waals surface area contributed by atoms with Gasteiger partial charge in [0.2, 0.25) is 0 Å². The van der Waals surface area contributed by atoms with E-state index in [1.807, 2.05) is 0 Å². The molecule has 0 aliphatic carbocycles. The number of halogens is 1. The predicted molar refractivity (Wildman–Crippen MR) is 74.3 cm³/mol. The molecule has 0 aliphatic heterocycles. The van der Waals surface area contributed by atoms with Crippen LogP contribution >= 0.6 is 23.8 Å². The maximum absolute atomic E-state index is 11.5. The summed E-state index contributed by atoms with van der Waals surface area (Å²) in [5.41, 5.74) is 1.33. The lowest BCUT2D eigenvalue weighted by Crippen LogP contribution is -2.14. The van der Waals surface area contributed by atoms with E-state index in [0.717, 1.165) is 0 Å². The van der Waals surface area contributed by atoms with Crippen LogP contribution in [0, 0.1) is 4.77 Å². The van der Waals surface area contributed by atoms with Gasteiger partial charge in [0.05, 0.1) is 16.3 Å². The molecule has 0 bridgehead atoms. The van der Waals surface area contributed by atoms with E-state index in [2.05, 4.69) is 9.97 Å². The second-order valence-electron chi connectivity index (χ2n) is 3.84. The first-order chi connectivity index (χ1) is 8.43. The molecular weight excluding hydrogens is 294 g/mol. The van der Waals surface area contributed by atoms with E-state index >= 15 is 0 Å². The van der Waals surface area contributed by atoms with Crippen molar-refractivity contribution in [3.05, 3.63) is 22.1 Å². The summed E-state index contributed by atoms with van der Waals surface area (Å²) < 4.78 is 25.1. The van der Waals surface area contributed by atoms with Gasteiger partial charge in [-0.3, -0.25) is 0 Å². The van der Waals surface area contributed by atoms with E-state index in [-0.39, 0.29) is 11.5 Å². The lowest BCUT2D eigenvalue weighted by atomic mass is 10.4. The zero-order chi connectivity index (χ0) is 13.3. The number of hydrogen-bond donors (Lipinski definition) is 1. The van der Waals surface area contributed by atoms with Crippen LogP contribution in [0.3, 0.4) is 0 Å². The van der Waals surface area contributed by atoms with E-state index in [4.69, 9.17) is 23.8 Å². The molecule has 5 nitrogen and oxygen atoms in total. The number of nitrogens with zero attached hydrogens (tertiary/aromatic N) is 2. The summed E-state index contributed by atoms with van der Waals surface area (Å²) in [5, 5.41) is 0.507. The van der Waals surface area contributed by atoms with E-state index in [0.29, 0.717) is 27.5 Å². The van der Waals surface area contributed by atoms with Gasteiger partial charge in [-0.1, -0.05) is 18.5 Å². The normalized spacial score (nSPS) is 12.1. The zero-order valence-corrected chi connectivity index (χ0v) is 12.1. The molecule has 2 rings (SSSR count). The van der Waals surface area contributed by atoms with Gasteiger partial charge in [-0.25, -0.2) is 13.4 Å². The average molecular weight is 306 g/mol. The Kier molecular flexibility index (Phi) is 3.74. The first-order valence-electron chi connectivity index (χ1n) is 5.37. The van der Waals surface area contributed by atoms with Gasteiger partial charge in [-0.2, -0.15) is 0 Å². The van der Waals surface area contributed by atoms with Crippen LogP contribution in [0.2, 0.25) is 5.02 Å². The van der Waals surface area contributed by atoms with Crippen molar-refractivity contribution in [2.75, 3.05) is 11.5 Å². The highest BCUT2D eigenvalue weighted by Crippen LogP contribution is 2.16. The van der Waals surface area contributed by atoms with Crippen LogP contribution in [0.5, 0.6) is 0 Å². The third-order valence-electron chi connectivity index (χ3n) is 2.64. The third kappa shape index (κ3) is 2.73. The molecule has 0 unspecified atom stereocenters. The van der Waals surface area contributed by atoms with Gasteiger partial charge >= 0.3 is 0 Å². The number of nitrogens with one attached hydrogen (secondary N) is 1. The van der Waals surface area contributed by atoms with Gasteiger partial charge in [0.1, 0.15) is 0 Å². The van der Waals surface area contributed by atoms with Crippen molar-refractivity contribution in [1.29, 1.82) is 0 Å². The van der Waals surface area contributed by atoms with Crippen LogP contribution in [0.25, 0.3) is 11.2 Å². The Labute approximate surface area is 115 Å². The summed E-state index contributed by atoms with van der Waals surface area (Å²) in [6.45, 7) is 1.92. The maximum atomic E-state index is 11.5. The summed E-state index contributed by atoms with van der Waals surface area (Å²) in [4.78, 5) is 7.12. The van der Waals surface area contributed by atoms with E-state index < -0.39 is 9.84 Å². The van der Waals surface area contributed by atoms with Crippen molar-refractivity contribution in [2.45, 2.75) is 13.5 Å².